The molecule has 0 aliphatic carbocycles. The number of H-pyrrole nitrogens is 1. The van der Waals surface area contributed by atoms with E-state index in [0.29, 0.717) is 17.2 Å². The summed E-state index contributed by atoms with van der Waals surface area (Å²) in [5.74, 6) is 0.977. The zero-order chi connectivity index (χ0) is 22.1. The van der Waals surface area contributed by atoms with Crippen molar-refractivity contribution in [2.75, 3.05) is 0 Å². The Hall–Kier alpha value is -4.22. The van der Waals surface area contributed by atoms with Crippen LogP contribution in [-0.2, 0) is 0 Å². The minimum atomic E-state index is -0.355. The fourth-order valence-electron chi connectivity index (χ4n) is 3.28. The predicted octanol–water partition coefficient (Wildman–Crippen LogP) is 5.19. The third-order valence-corrected chi connectivity index (χ3v) is 5.34. The van der Waals surface area contributed by atoms with Gasteiger partial charge in [-0.1, -0.05) is 34.1 Å². The number of ether oxygens (including phenoxy) is 1. The molecule has 5 aromatic rings. The number of hydrogen-bond donors (Lipinski definition) is 1. The molecule has 3 aromatic heterocycles. The molecular formula is C24H14BrN5O2. The SMILES string of the molecule is N#CC(=Cc1c(Oc2ccc(Br)cc2)nc2ccccn2c1=O)c1nc2ccccc2[nH]1. The van der Waals surface area contributed by atoms with Gasteiger partial charge in [-0.15, -0.1) is 0 Å². The summed E-state index contributed by atoms with van der Waals surface area (Å²) >= 11 is 3.39. The van der Waals surface area contributed by atoms with E-state index in [2.05, 4.69) is 37.0 Å². The lowest BCUT2D eigenvalue weighted by Crippen LogP contribution is -2.18. The van der Waals surface area contributed by atoms with Crippen molar-refractivity contribution in [1.29, 1.82) is 5.26 Å². The number of imidazole rings is 1. The van der Waals surface area contributed by atoms with Crippen LogP contribution in [0.3, 0.4) is 0 Å². The van der Waals surface area contributed by atoms with Gasteiger partial charge < -0.3 is 9.72 Å². The third-order valence-electron chi connectivity index (χ3n) is 4.82. The van der Waals surface area contributed by atoms with Crippen LogP contribution < -0.4 is 10.3 Å². The van der Waals surface area contributed by atoms with Crippen LogP contribution in [0, 0.1) is 11.3 Å². The van der Waals surface area contributed by atoms with Gasteiger partial charge in [0.15, 0.2) is 0 Å². The number of para-hydroxylation sites is 2. The predicted molar refractivity (Wildman–Crippen MR) is 125 cm³/mol. The van der Waals surface area contributed by atoms with Crippen LogP contribution in [0.5, 0.6) is 11.6 Å². The maximum absolute atomic E-state index is 13.3. The van der Waals surface area contributed by atoms with Crippen molar-refractivity contribution in [3.05, 3.63) is 99.1 Å². The summed E-state index contributed by atoms with van der Waals surface area (Å²) in [6, 6.07) is 22.0. The molecule has 0 bridgehead atoms. The molecule has 7 nitrogen and oxygen atoms in total. The molecule has 0 spiro atoms. The summed E-state index contributed by atoms with van der Waals surface area (Å²) in [4.78, 5) is 25.4. The Labute approximate surface area is 190 Å². The van der Waals surface area contributed by atoms with Gasteiger partial charge in [-0.2, -0.15) is 10.2 Å². The molecule has 0 amide bonds. The minimum absolute atomic E-state index is 0.104. The molecule has 1 N–H and O–H groups in total. The molecule has 5 rings (SSSR count). The summed E-state index contributed by atoms with van der Waals surface area (Å²) in [5, 5.41) is 9.83. The van der Waals surface area contributed by atoms with E-state index >= 15 is 0 Å². The van der Waals surface area contributed by atoms with Gasteiger partial charge in [0.2, 0.25) is 5.88 Å². The second kappa shape index (κ2) is 8.13. The second-order valence-electron chi connectivity index (χ2n) is 6.89. The van der Waals surface area contributed by atoms with Crippen molar-refractivity contribution in [2.45, 2.75) is 0 Å². The fourth-order valence-corrected chi connectivity index (χ4v) is 3.54. The van der Waals surface area contributed by atoms with Gasteiger partial charge in [0.25, 0.3) is 5.56 Å². The highest BCUT2D eigenvalue weighted by Gasteiger charge is 2.16. The molecule has 154 valence electrons. The van der Waals surface area contributed by atoms with Gasteiger partial charge in [-0.25, -0.2) is 4.98 Å². The van der Waals surface area contributed by atoms with E-state index in [1.54, 1.807) is 36.5 Å². The number of nitrogens with zero attached hydrogens (tertiary/aromatic N) is 4. The number of nitrogens with one attached hydrogen (secondary N) is 1. The highest BCUT2D eigenvalue weighted by Crippen LogP contribution is 2.27. The van der Waals surface area contributed by atoms with Crippen molar-refractivity contribution in [3.63, 3.8) is 0 Å². The van der Waals surface area contributed by atoms with E-state index in [1.807, 2.05) is 36.4 Å². The van der Waals surface area contributed by atoms with Gasteiger partial charge >= 0.3 is 0 Å². The number of halogens is 1. The Morgan fingerprint density at radius 2 is 1.84 bits per heavy atom. The fraction of sp³-hybridized carbons (Fsp3) is 0. The van der Waals surface area contributed by atoms with Crippen LogP contribution in [0.25, 0.3) is 28.3 Å². The molecule has 32 heavy (non-hydrogen) atoms. The number of rotatable bonds is 4. The first kappa shape index (κ1) is 19.7. The number of allylic oxidation sites excluding steroid dienone is 1. The Balaban J connectivity index is 1.70. The molecule has 8 heteroatoms. The van der Waals surface area contributed by atoms with Gasteiger partial charge in [0.1, 0.15) is 28.9 Å². The lowest BCUT2D eigenvalue weighted by atomic mass is 10.2. The van der Waals surface area contributed by atoms with Gasteiger partial charge in [0, 0.05) is 10.7 Å². The van der Waals surface area contributed by atoms with Crippen LogP contribution in [0.4, 0.5) is 0 Å². The summed E-state index contributed by atoms with van der Waals surface area (Å²) in [7, 11) is 0. The molecule has 0 saturated heterocycles. The summed E-state index contributed by atoms with van der Waals surface area (Å²) < 4.78 is 8.27. The van der Waals surface area contributed by atoms with E-state index in [0.717, 1.165) is 15.5 Å². The van der Waals surface area contributed by atoms with E-state index < -0.39 is 0 Å². The lowest BCUT2D eigenvalue weighted by Gasteiger charge is -2.10. The van der Waals surface area contributed by atoms with Crippen molar-refractivity contribution >= 4 is 44.3 Å². The van der Waals surface area contributed by atoms with Crippen LogP contribution in [-0.4, -0.2) is 19.4 Å². The Morgan fingerprint density at radius 1 is 1.06 bits per heavy atom. The number of fused-ring (bicyclic) bond motifs is 2. The van der Waals surface area contributed by atoms with E-state index in [1.165, 1.54) is 10.5 Å². The van der Waals surface area contributed by atoms with Gasteiger partial charge in [0.05, 0.1) is 16.6 Å². The topological polar surface area (TPSA) is 96.1 Å². The van der Waals surface area contributed by atoms with Gasteiger partial charge in [-0.3, -0.25) is 9.20 Å². The highest BCUT2D eigenvalue weighted by atomic mass is 79.9. The van der Waals surface area contributed by atoms with Crippen molar-refractivity contribution in [3.8, 4) is 17.7 Å². The molecule has 3 heterocycles. The van der Waals surface area contributed by atoms with Crippen LogP contribution in [0.15, 0.2) is 82.2 Å². The van der Waals surface area contributed by atoms with E-state index in [-0.39, 0.29) is 22.6 Å². The molecule has 0 aliphatic rings. The maximum atomic E-state index is 13.3. The number of nitriles is 1. The molecule has 0 fully saturated rings. The van der Waals surface area contributed by atoms with Crippen LogP contribution in [0.2, 0.25) is 0 Å². The lowest BCUT2D eigenvalue weighted by molar-refractivity contribution is 0.461. The number of benzene rings is 2. The molecule has 2 aromatic carbocycles. The highest BCUT2D eigenvalue weighted by molar-refractivity contribution is 9.10. The smallest absolute Gasteiger partial charge is 0.269 e. The van der Waals surface area contributed by atoms with Crippen LogP contribution in [0.1, 0.15) is 11.4 Å². The van der Waals surface area contributed by atoms with Crippen molar-refractivity contribution in [2.24, 2.45) is 0 Å². The Bertz CT molecular complexity index is 1560. The van der Waals surface area contributed by atoms with E-state index in [4.69, 9.17) is 4.74 Å². The Kier molecular flexibility index (Phi) is 5.01. The third kappa shape index (κ3) is 3.66. The average Bonchev–Trinajstić information content (AvgIpc) is 3.24. The zero-order valence-electron chi connectivity index (χ0n) is 16.5. The standard InChI is InChI=1S/C24H14BrN5O2/c25-16-8-10-17(11-9-16)32-23-18(24(31)30-12-4-3-7-21(30)29-23)13-15(14-26)22-27-19-5-1-2-6-20(19)28-22/h1-13H,(H,27,28). The first-order valence-electron chi connectivity index (χ1n) is 9.64. The number of pyridine rings is 1. The summed E-state index contributed by atoms with van der Waals surface area (Å²) in [6.45, 7) is 0. The van der Waals surface area contributed by atoms with Crippen LogP contribution >= 0.6 is 15.9 Å². The first-order valence-corrected chi connectivity index (χ1v) is 10.4. The molecule has 0 unspecified atom stereocenters. The molecule has 0 aliphatic heterocycles. The van der Waals surface area contributed by atoms with Gasteiger partial charge in [-0.05, 0) is 54.6 Å². The molecule has 0 radical (unpaired) electrons. The quantitative estimate of drug-likeness (QED) is 0.354. The van der Waals surface area contributed by atoms with Crippen molar-refractivity contribution < 1.29 is 4.74 Å². The minimum Gasteiger partial charge on any atom is -0.438 e. The number of hydrogen-bond acceptors (Lipinski definition) is 5. The monoisotopic (exact) mass is 483 g/mol. The second-order valence-corrected chi connectivity index (χ2v) is 7.81. The molecule has 0 atom stereocenters. The average molecular weight is 484 g/mol. The first-order chi connectivity index (χ1) is 15.6. The van der Waals surface area contributed by atoms with E-state index in [9.17, 15) is 10.1 Å². The molecule has 0 saturated carbocycles. The summed E-state index contributed by atoms with van der Waals surface area (Å²) in [6.07, 6.45) is 3.08. The number of aromatic amines is 1. The summed E-state index contributed by atoms with van der Waals surface area (Å²) in [5.41, 5.74) is 1.94. The van der Waals surface area contributed by atoms with Crippen molar-refractivity contribution in [1.82, 2.24) is 19.4 Å². The Morgan fingerprint density at radius 3 is 2.62 bits per heavy atom. The normalized spacial score (nSPS) is 11.6. The largest absolute Gasteiger partial charge is 0.438 e. The number of aromatic nitrogens is 4. The molecular weight excluding hydrogens is 470 g/mol. The zero-order valence-corrected chi connectivity index (χ0v) is 18.1. The maximum Gasteiger partial charge on any atom is 0.269 e.